The maximum Gasteiger partial charge on any atom is 2.00 e. The molecule has 7 nitrogen and oxygen atoms in total. The van der Waals surface area contributed by atoms with Gasteiger partial charge in [0.15, 0.2) is 0 Å². The molecule has 7 aromatic carbocycles. The molecule has 13 aromatic rings. The van der Waals surface area contributed by atoms with Gasteiger partial charge in [-0.25, -0.2) is 19.9 Å². The summed E-state index contributed by atoms with van der Waals surface area (Å²) < 4.78 is 2.01. The standard InChI is InChI=1S/C91H65N7S.Zn/c1-53-8-22-60(23-9-53)84-70-39-38-69(92-70)68(82-50-51-83(99-82)89(65-32-18-58(6)19-33-65)79-48-46-76(96-79)86(73-41-40-71(84)93-73)62-26-12-55(3)13-27-62)37-36-67-52-81-88(64-30-16-57(5)17-31-64)78-45-44-75(95-78)85(61-24-10-54(2)11-25-61)72-42-43-74(94-72)87(63-28-14-56(4)15-29-63)77-47-49-80(97-77)90(91(67)98-81)66-34-20-59(7)21-35-66;/h8-35,38-52,93H,1-7H3;/q-2;+2. The monoisotopic (exact) mass is 1350 g/mol. The van der Waals surface area contributed by atoms with E-state index < -0.39 is 0 Å². The van der Waals surface area contributed by atoms with Crippen LogP contribution in [0.15, 0.2) is 218 Å². The van der Waals surface area contributed by atoms with Crippen molar-refractivity contribution in [2.45, 2.75) is 48.5 Å². The molecule has 472 valence electrons. The van der Waals surface area contributed by atoms with Gasteiger partial charge in [-0.1, -0.05) is 245 Å². The number of aromatic amines is 1. The first-order chi connectivity index (χ1) is 48.4. The molecule has 10 heterocycles. The van der Waals surface area contributed by atoms with Gasteiger partial charge in [0, 0.05) is 37.1 Å². The molecule has 0 fully saturated rings. The quantitative estimate of drug-likeness (QED) is 0.126. The van der Waals surface area contributed by atoms with E-state index in [1.54, 1.807) is 11.3 Å². The first kappa shape index (κ1) is 63.1. The fourth-order valence-electron chi connectivity index (χ4n) is 13.7. The van der Waals surface area contributed by atoms with Gasteiger partial charge in [-0.15, -0.1) is 33.4 Å². The van der Waals surface area contributed by atoms with Crippen molar-refractivity contribution in [2.24, 2.45) is 0 Å². The zero-order valence-electron chi connectivity index (χ0n) is 56.6. The second kappa shape index (κ2) is 26.0. The summed E-state index contributed by atoms with van der Waals surface area (Å²) >= 11 is 1.70. The average Bonchev–Trinajstić information content (AvgIpc) is 1.61. The summed E-state index contributed by atoms with van der Waals surface area (Å²) in [6.45, 7) is 14.9. The largest absolute Gasteiger partial charge is 2.00 e. The predicted octanol–water partition coefficient (Wildman–Crippen LogP) is 22.9. The van der Waals surface area contributed by atoms with Crippen molar-refractivity contribution in [1.82, 2.24) is 34.9 Å². The van der Waals surface area contributed by atoms with Crippen LogP contribution >= 0.6 is 11.3 Å². The third kappa shape index (κ3) is 11.9. The van der Waals surface area contributed by atoms with Gasteiger partial charge in [0.05, 0.1) is 56.7 Å². The first-order valence-electron chi connectivity index (χ1n) is 33.5. The molecule has 6 aromatic heterocycles. The van der Waals surface area contributed by atoms with Crippen molar-refractivity contribution in [1.29, 1.82) is 0 Å². The molecule has 100 heavy (non-hydrogen) atoms. The molecule has 0 saturated heterocycles. The third-order valence-corrected chi connectivity index (χ3v) is 20.2. The van der Waals surface area contributed by atoms with Gasteiger partial charge in [0.25, 0.3) is 0 Å². The minimum Gasteiger partial charge on any atom is -0.657 e. The van der Waals surface area contributed by atoms with Crippen LogP contribution < -0.4 is 9.97 Å². The SMILES string of the molecule is Cc1ccc(-c2c3nc(c(-c4ccc(C)cc4)c4ccc([n-]4)c(-c4ccc(C)cc4)c4nc(c(-c5ccc(C)cc5)c5ccc2[n-]5)C=C4C#Cc2c4nc(c(-c5ccc(C)cc5)c5ccc([nH]5)c(-c5ccc(C)cc5)c5nc(c(-c6ccc(C)cc6)c6ccc2s6)C=C5)C=C4)C=C3)cc1.[Zn+2]. The van der Waals surface area contributed by atoms with E-state index in [-0.39, 0.29) is 19.5 Å². The van der Waals surface area contributed by atoms with E-state index in [4.69, 9.17) is 29.9 Å². The molecule has 0 radical (unpaired) electrons. The predicted molar refractivity (Wildman–Crippen MR) is 416 cm³/mol. The fraction of sp³-hybridized carbons (Fsp3) is 0.0769. The summed E-state index contributed by atoms with van der Waals surface area (Å²) in [5, 5.41) is 0. The Hall–Kier alpha value is -11.7. The number of benzene rings is 7. The van der Waals surface area contributed by atoms with Gasteiger partial charge in [0.2, 0.25) is 0 Å². The number of hydrogen-bond acceptors (Lipinski definition) is 5. The molecule has 0 unspecified atom stereocenters. The topological polar surface area (TPSA) is 95.5 Å². The van der Waals surface area contributed by atoms with Crippen molar-refractivity contribution < 1.29 is 19.5 Å². The van der Waals surface area contributed by atoms with Crippen LogP contribution in [0.3, 0.4) is 0 Å². The summed E-state index contributed by atoms with van der Waals surface area (Å²) in [6, 6.07) is 78.2. The van der Waals surface area contributed by atoms with Crippen LogP contribution in [0.5, 0.6) is 0 Å². The van der Waals surface area contributed by atoms with E-state index in [1.165, 1.54) is 22.3 Å². The number of aryl methyl sites for hydroxylation is 7. The molecule has 0 spiro atoms. The van der Waals surface area contributed by atoms with Crippen molar-refractivity contribution in [2.75, 3.05) is 0 Å². The van der Waals surface area contributed by atoms with E-state index in [0.29, 0.717) is 5.69 Å². The molecular formula is C91H65N7SZn. The summed E-state index contributed by atoms with van der Waals surface area (Å²) in [7, 11) is 0. The summed E-state index contributed by atoms with van der Waals surface area (Å²) in [5.74, 6) is 7.78. The van der Waals surface area contributed by atoms with Crippen LogP contribution in [0.4, 0.5) is 0 Å². The van der Waals surface area contributed by atoms with Gasteiger partial charge < -0.3 is 15.0 Å². The van der Waals surface area contributed by atoms with Crippen LogP contribution in [0.2, 0.25) is 0 Å². The van der Waals surface area contributed by atoms with Gasteiger partial charge in [0.1, 0.15) is 0 Å². The van der Waals surface area contributed by atoms with Crippen LogP contribution in [0.25, 0.3) is 168 Å². The van der Waals surface area contributed by atoms with Crippen molar-refractivity contribution in [3.63, 3.8) is 0 Å². The minimum absolute atomic E-state index is 0. The molecule has 0 amide bonds. The zero-order chi connectivity index (χ0) is 67.0. The van der Waals surface area contributed by atoms with Crippen molar-refractivity contribution in [3.05, 3.63) is 308 Å². The number of nitrogens with zero attached hydrogens (tertiary/aromatic N) is 6. The molecule has 17 rings (SSSR count). The summed E-state index contributed by atoms with van der Waals surface area (Å²) in [6.07, 6.45) is 15.0. The number of hydrogen-bond donors (Lipinski definition) is 1. The second-order valence-corrected chi connectivity index (χ2v) is 27.3. The van der Waals surface area contributed by atoms with Gasteiger partial charge in [-0.3, -0.25) is 0 Å². The number of rotatable bonds is 7. The van der Waals surface area contributed by atoms with Crippen LogP contribution in [-0.2, 0) is 19.5 Å². The van der Waals surface area contributed by atoms with E-state index >= 15 is 0 Å². The number of nitrogens with one attached hydrogen (secondary N) is 1. The Morgan fingerprint density at radius 1 is 0.280 bits per heavy atom. The molecule has 0 atom stereocenters. The van der Waals surface area contributed by atoms with Crippen molar-refractivity contribution in [3.8, 4) is 89.7 Å². The van der Waals surface area contributed by atoms with Crippen LogP contribution in [0, 0.1) is 60.3 Å². The normalized spacial score (nSPS) is 12.1. The molecule has 16 bridgehead atoms. The number of fused-ring (bicyclic) bond motifs is 16. The van der Waals surface area contributed by atoms with Crippen molar-refractivity contribution >= 4 is 102 Å². The Kier molecular flexibility index (Phi) is 16.4. The third-order valence-electron chi connectivity index (χ3n) is 19.0. The Morgan fingerprint density at radius 3 is 0.980 bits per heavy atom. The number of allylic oxidation sites excluding steroid dienone is 1. The van der Waals surface area contributed by atoms with Crippen LogP contribution in [-0.4, -0.2) is 24.9 Å². The van der Waals surface area contributed by atoms with E-state index in [1.807, 2.05) is 0 Å². The molecule has 9 heteroatoms. The average molecular weight is 1350 g/mol. The molecule has 0 aliphatic carbocycles. The smallest absolute Gasteiger partial charge is 0.657 e. The Bertz CT molecular complexity index is 6000. The molecule has 0 saturated carbocycles. The molecule has 4 aliphatic rings. The molecule has 4 aliphatic heterocycles. The van der Waals surface area contributed by atoms with E-state index in [9.17, 15) is 0 Å². The number of H-pyrrole nitrogens is 1. The van der Waals surface area contributed by atoms with Gasteiger partial charge in [-0.05, 0) is 176 Å². The summed E-state index contributed by atoms with van der Waals surface area (Å²) in [4.78, 5) is 38.0. The Labute approximate surface area is 598 Å². The minimum atomic E-state index is 0. The summed E-state index contributed by atoms with van der Waals surface area (Å²) in [5.41, 5.74) is 34.7. The Balaban J connectivity index is 0.00000778. The fourth-order valence-corrected chi connectivity index (χ4v) is 14.8. The first-order valence-corrected chi connectivity index (χ1v) is 34.4. The Morgan fingerprint density at radius 2 is 0.580 bits per heavy atom. The second-order valence-electron chi connectivity index (χ2n) is 26.2. The maximum atomic E-state index is 5.88. The number of aromatic nitrogens is 7. The van der Waals surface area contributed by atoms with Gasteiger partial charge in [-0.2, -0.15) is 0 Å². The van der Waals surface area contributed by atoms with E-state index in [2.05, 4.69) is 326 Å². The molecule has 1 N–H and O–H groups in total. The zero-order valence-corrected chi connectivity index (χ0v) is 60.4. The molecular weight excluding hydrogens is 1290 g/mol. The maximum absolute atomic E-state index is 5.88. The van der Waals surface area contributed by atoms with E-state index in [0.717, 1.165) is 188 Å². The number of thiophene rings is 1. The van der Waals surface area contributed by atoms with Gasteiger partial charge >= 0.3 is 19.5 Å². The van der Waals surface area contributed by atoms with Crippen LogP contribution in [0.1, 0.15) is 90.1 Å².